The van der Waals surface area contributed by atoms with Crippen molar-refractivity contribution in [2.75, 3.05) is 6.54 Å². The zero-order valence-electron chi connectivity index (χ0n) is 13.8. The molecule has 1 heterocycles. The quantitative estimate of drug-likeness (QED) is 0.656. The molecule has 0 aliphatic heterocycles. The van der Waals surface area contributed by atoms with E-state index in [1.807, 2.05) is 31.2 Å². The summed E-state index contributed by atoms with van der Waals surface area (Å²) in [5, 5.41) is 20.7. The van der Waals surface area contributed by atoms with Crippen molar-refractivity contribution in [1.82, 2.24) is 5.32 Å². The number of aliphatic carboxylic acids is 1. The summed E-state index contributed by atoms with van der Waals surface area (Å²) in [6.07, 6.45) is 0. The van der Waals surface area contributed by atoms with Crippen LogP contribution in [0.5, 0.6) is 5.06 Å². The Morgan fingerprint density at radius 1 is 1.08 bits per heavy atom. The predicted molar refractivity (Wildman–Crippen MR) is 99.9 cm³/mol. The number of carbonyl (C=O) groups is 2. The van der Waals surface area contributed by atoms with E-state index in [2.05, 4.69) is 5.32 Å². The Hall–Kier alpha value is -3.19. The lowest BCUT2D eigenvalue weighted by molar-refractivity contribution is -0.135. The van der Waals surface area contributed by atoms with Gasteiger partial charge in [0.05, 0.1) is 0 Å². The van der Waals surface area contributed by atoms with Gasteiger partial charge in [-0.05, 0) is 30.2 Å². The lowest BCUT2D eigenvalue weighted by Gasteiger charge is -2.08. The number of rotatable bonds is 4. The first-order valence-corrected chi connectivity index (χ1v) is 8.55. The summed E-state index contributed by atoms with van der Waals surface area (Å²) < 4.78 is 0.542. The molecule has 1 aromatic heterocycles. The second-order valence-electron chi connectivity index (χ2n) is 5.76. The molecule has 0 fully saturated rings. The highest BCUT2D eigenvalue weighted by atomic mass is 32.1. The van der Waals surface area contributed by atoms with E-state index in [0.29, 0.717) is 10.1 Å². The van der Waals surface area contributed by atoms with Crippen LogP contribution in [0, 0.1) is 6.92 Å². The van der Waals surface area contributed by atoms with Gasteiger partial charge in [0.25, 0.3) is 5.91 Å². The summed E-state index contributed by atoms with van der Waals surface area (Å²) >= 11 is 0.904. The molecule has 0 unspecified atom stereocenters. The number of benzene rings is 2. The Bertz CT molecular complexity index is 1070. The van der Waals surface area contributed by atoms with Gasteiger partial charge < -0.3 is 15.5 Å². The van der Waals surface area contributed by atoms with Crippen LogP contribution in [0.15, 0.2) is 47.3 Å². The second kappa shape index (κ2) is 6.97. The largest absolute Gasteiger partial charge is 0.499 e. The van der Waals surface area contributed by atoms with Gasteiger partial charge in [-0.1, -0.05) is 47.2 Å². The molecule has 1 amide bonds. The van der Waals surface area contributed by atoms with Crippen LogP contribution >= 0.6 is 11.3 Å². The molecule has 3 N–H and O–H groups in total. The van der Waals surface area contributed by atoms with Gasteiger partial charge in [0.15, 0.2) is 5.06 Å². The van der Waals surface area contributed by atoms with E-state index in [1.54, 1.807) is 18.2 Å². The van der Waals surface area contributed by atoms with Gasteiger partial charge in [0.1, 0.15) is 12.1 Å². The lowest BCUT2D eigenvalue weighted by Crippen LogP contribution is -2.32. The van der Waals surface area contributed by atoms with Gasteiger partial charge in [-0.15, -0.1) is 0 Å². The van der Waals surface area contributed by atoms with E-state index in [-0.39, 0.29) is 0 Å². The summed E-state index contributed by atoms with van der Waals surface area (Å²) in [7, 11) is 0. The molecule has 0 spiro atoms. The molecule has 0 saturated heterocycles. The van der Waals surface area contributed by atoms with E-state index in [4.69, 9.17) is 5.11 Å². The molecule has 7 heteroatoms. The van der Waals surface area contributed by atoms with Crippen molar-refractivity contribution in [1.29, 1.82) is 0 Å². The normalized spacial score (nSPS) is 10.7. The number of carboxylic acid groups (broad SMARTS) is 1. The summed E-state index contributed by atoms with van der Waals surface area (Å²) in [4.78, 5) is 35.2. The van der Waals surface area contributed by atoms with Gasteiger partial charge in [0.2, 0.25) is 5.43 Å². The fourth-order valence-electron chi connectivity index (χ4n) is 2.55. The highest BCUT2D eigenvalue weighted by Gasteiger charge is 2.20. The first-order valence-electron chi connectivity index (χ1n) is 7.73. The first kappa shape index (κ1) is 17.6. The van der Waals surface area contributed by atoms with E-state index >= 15 is 0 Å². The smallest absolute Gasteiger partial charge is 0.322 e. The molecule has 0 aliphatic carbocycles. The van der Waals surface area contributed by atoms with Gasteiger partial charge in [-0.3, -0.25) is 14.4 Å². The third kappa shape index (κ3) is 3.43. The van der Waals surface area contributed by atoms with E-state index in [9.17, 15) is 19.5 Å². The SMILES string of the molecule is Cc1ccc(-c2ccc3c(=O)c(C(=O)NCC(=O)O)c(O)sc3c2)cc1. The molecule has 3 aromatic rings. The molecule has 3 rings (SSSR count). The van der Waals surface area contributed by atoms with Crippen molar-refractivity contribution in [3.63, 3.8) is 0 Å². The average Bonchev–Trinajstić information content (AvgIpc) is 2.60. The number of aromatic hydroxyl groups is 1. The summed E-state index contributed by atoms with van der Waals surface area (Å²) in [5.74, 6) is -2.15. The fraction of sp³-hybridized carbons (Fsp3) is 0.105. The van der Waals surface area contributed by atoms with Crippen molar-refractivity contribution in [2.24, 2.45) is 0 Å². The van der Waals surface area contributed by atoms with Crippen LogP contribution in [0.2, 0.25) is 0 Å². The Morgan fingerprint density at radius 3 is 2.38 bits per heavy atom. The van der Waals surface area contributed by atoms with Gasteiger partial charge in [0, 0.05) is 10.1 Å². The van der Waals surface area contributed by atoms with Crippen LogP contribution in [0.3, 0.4) is 0 Å². The maximum Gasteiger partial charge on any atom is 0.322 e. The molecular formula is C19H15NO5S. The maximum absolute atomic E-state index is 12.6. The highest BCUT2D eigenvalue weighted by Crippen LogP contribution is 2.31. The minimum absolute atomic E-state index is 0.295. The average molecular weight is 369 g/mol. The van der Waals surface area contributed by atoms with Crippen molar-refractivity contribution >= 4 is 33.3 Å². The maximum atomic E-state index is 12.6. The number of aryl methyl sites for hydroxylation is 1. The molecule has 0 saturated carbocycles. The van der Waals surface area contributed by atoms with Crippen LogP contribution in [0.1, 0.15) is 15.9 Å². The number of carboxylic acids is 1. The van der Waals surface area contributed by atoms with Crippen LogP contribution in [0.4, 0.5) is 0 Å². The Labute approximate surface area is 152 Å². The number of hydrogen-bond donors (Lipinski definition) is 3. The van der Waals surface area contributed by atoms with E-state index in [1.165, 1.54) is 0 Å². The molecule has 2 aromatic carbocycles. The van der Waals surface area contributed by atoms with E-state index < -0.39 is 34.5 Å². The van der Waals surface area contributed by atoms with Gasteiger partial charge in [-0.2, -0.15) is 0 Å². The molecule has 6 nitrogen and oxygen atoms in total. The van der Waals surface area contributed by atoms with Crippen LogP contribution in [-0.4, -0.2) is 28.6 Å². The number of carbonyl (C=O) groups excluding carboxylic acids is 1. The third-order valence-corrected chi connectivity index (χ3v) is 4.84. The molecular weight excluding hydrogens is 354 g/mol. The van der Waals surface area contributed by atoms with Gasteiger partial charge >= 0.3 is 5.97 Å². The van der Waals surface area contributed by atoms with Crippen LogP contribution < -0.4 is 10.7 Å². The third-order valence-electron chi connectivity index (χ3n) is 3.89. The molecule has 132 valence electrons. The molecule has 0 radical (unpaired) electrons. The van der Waals surface area contributed by atoms with Crippen molar-refractivity contribution < 1.29 is 19.8 Å². The minimum Gasteiger partial charge on any atom is -0.499 e. The minimum atomic E-state index is -1.24. The number of hydrogen-bond acceptors (Lipinski definition) is 5. The Balaban J connectivity index is 2.06. The molecule has 26 heavy (non-hydrogen) atoms. The predicted octanol–water partition coefficient (Wildman–Crippen LogP) is 2.76. The second-order valence-corrected chi connectivity index (χ2v) is 6.80. The Kier molecular flexibility index (Phi) is 4.73. The summed E-state index contributed by atoms with van der Waals surface area (Å²) in [6.45, 7) is 1.36. The Morgan fingerprint density at radius 2 is 1.73 bits per heavy atom. The number of nitrogens with one attached hydrogen (secondary N) is 1. The lowest BCUT2D eigenvalue weighted by atomic mass is 10.0. The van der Waals surface area contributed by atoms with Crippen molar-refractivity contribution in [3.8, 4) is 16.2 Å². The van der Waals surface area contributed by atoms with Crippen molar-refractivity contribution in [2.45, 2.75) is 6.92 Å². The van der Waals surface area contributed by atoms with Crippen LogP contribution in [-0.2, 0) is 4.79 Å². The summed E-state index contributed by atoms with van der Waals surface area (Å²) in [6, 6.07) is 13.1. The zero-order valence-corrected chi connectivity index (χ0v) is 14.6. The molecule has 0 aliphatic rings. The molecule has 0 bridgehead atoms. The zero-order chi connectivity index (χ0) is 18.8. The summed E-state index contributed by atoms with van der Waals surface area (Å²) in [5.41, 5.74) is 1.92. The molecule has 0 atom stereocenters. The number of fused-ring (bicyclic) bond motifs is 1. The monoisotopic (exact) mass is 369 g/mol. The first-order chi connectivity index (χ1) is 12.4. The topological polar surface area (TPSA) is 104 Å². The highest BCUT2D eigenvalue weighted by molar-refractivity contribution is 7.20. The van der Waals surface area contributed by atoms with Crippen LogP contribution in [0.25, 0.3) is 21.2 Å². The van der Waals surface area contributed by atoms with E-state index in [0.717, 1.165) is 28.0 Å². The standard InChI is InChI=1S/C19H15NO5S/c1-10-2-4-11(5-3-10)12-6-7-13-14(8-12)26-19(25)16(17(13)23)18(24)20-9-15(21)22/h2-8,25H,9H2,1H3,(H,20,24)(H,21,22). The number of amides is 1. The van der Waals surface area contributed by atoms with Gasteiger partial charge in [-0.25, -0.2) is 0 Å². The van der Waals surface area contributed by atoms with Crippen molar-refractivity contribution in [3.05, 3.63) is 63.8 Å². The fourth-order valence-corrected chi connectivity index (χ4v) is 3.50.